The summed E-state index contributed by atoms with van der Waals surface area (Å²) in [6.07, 6.45) is 2.36. The Morgan fingerprint density at radius 3 is 2.23 bits per heavy atom. The SMILES string of the molecule is CC(C)N1CCN(C(=O)CCNC(=O)C2CCCN2)CC1.CC(C)c1ccccc1. The number of nitrogens with zero attached hydrogens (tertiary/aromatic N) is 2. The first kappa shape index (κ1) is 24.4. The van der Waals surface area contributed by atoms with Crippen molar-refractivity contribution in [1.29, 1.82) is 0 Å². The highest BCUT2D eigenvalue weighted by Crippen LogP contribution is 2.11. The van der Waals surface area contributed by atoms with Gasteiger partial charge in [-0.15, -0.1) is 0 Å². The van der Waals surface area contributed by atoms with Crippen LogP contribution in [0.25, 0.3) is 0 Å². The second-order valence-electron chi connectivity index (χ2n) is 8.77. The van der Waals surface area contributed by atoms with E-state index in [0.29, 0.717) is 24.9 Å². The van der Waals surface area contributed by atoms with Gasteiger partial charge in [0.1, 0.15) is 0 Å². The molecule has 2 saturated heterocycles. The normalized spacial score (nSPS) is 19.5. The molecule has 0 aromatic heterocycles. The molecule has 30 heavy (non-hydrogen) atoms. The minimum atomic E-state index is -0.0605. The third-order valence-corrected chi connectivity index (χ3v) is 5.88. The Labute approximate surface area is 182 Å². The van der Waals surface area contributed by atoms with Crippen LogP contribution in [0.5, 0.6) is 0 Å². The molecule has 2 amide bonds. The summed E-state index contributed by atoms with van der Waals surface area (Å²) in [6, 6.07) is 11.0. The van der Waals surface area contributed by atoms with Crippen LogP contribution in [0.3, 0.4) is 0 Å². The molecule has 2 heterocycles. The fourth-order valence-corrected chi connectivity index (χ4v) is 3.81. The molecule has 6 heteroatoms. The number of carbonyl (C=O) groups is 2. The Hall–Kier alpha value is -1.92. The van der Waals surface area contributed by atoms with E-state index in [-0.39, 0.29) is 17.9 Å². The van der Waals surface area contributed by atoms with Crippen molar-refractivity contribution in [2.45, 2.75) is 65.0 Å². The number of nitrogens with one attached hydrogen (secondary N) is 2. The van der Waals surface area contributed by atoms with Crippen molar-refractivity contribution in [2.75, 3.05) is 39.3 Å². The standard InChI is InChI=1S/C15H28N4O2.C9H12/c1-12(2)18-8-10-19(11-9-18)14(20)5-7-17-15(21)13-4-3-6-16-13;1-8(2)9-6-4-3-5-7-9/h12-13,16H,3-11H2,1-2H3,(H,17,21);3-8H,1-2H3. The van der Waals surface area contributed by atoms with Gasteiger partial charge in [-0.2, -0.15) is 0 Å². The Bertz CT molecular complexity index is 634. The molecule has 1 atom stereocenters. The maximum atomic E-state index is 12.1. The van der Waals surface area contributed by atoms with E-state index in [1.165, 1.54) is 5.56 Å². The number of hydrogen-bond donors (Lipinski definition) is 2. The van der Waals surface area contributed by atoms with E-state index in [1.807, 2.05) is 11.0 Å². The minimum absolute atomic E-state index is 0.0323. The summed E-state index contributed by atoms with van der Waals surface area (Å²) in [5.74, 6) is 0.842. The van der Waals surface area contributed by atoms with Crippen LogP contribution in [0.2, 0.25) is 0 Å². The van der Waals surface area contributed by atoms with Crippen LogP contribution in [0.1, 0.15) is 58.4 Å². The number of rotatable bonds is 6. The predicted octanol–water partition coefficient (Wildman–Crippen LogP) is 2.61. The van der Waals surface area contributed by atoms with E-state index < -0.39 is 0 Å². The molecule has 2 fully saturated rings. The molecule has 2 N–H and O–H groups in total. The molecule has 6 nitrogen and oxygen atoms in total. The Morgan fingerprint density at radius 2 is 1.73 bits per heavy atom. The number of benzene rings is 1. The molecule has 1 aromatic rings. The van der Waals surface area contributed by atoms with Crippen molar-refractivity contribution in [3.05, 3.63) is 35.9 Å². The van der Waals surface area contributed by atoms with Crippen molar-refractivity contribution in [3.63, 3.8) is 0 Å². The summed E-state index contributed by atoms with van der Waals surface area (Å²) in [5, 5.41) is 6.02. The lowest BCUT2D eigenvalue weighted by Crippen LogP contribution is -2.51. The van der Waals surface area contributed by atoms with Gasteiger partial charge in [0.15, 0.2) is 0 Å². The van der Waals surface area contributed by atoms with Gasteiger partial charge in [-0.1, -0.05) is 44.2 Å². The molecule has 168 valence electrons. The lowest BCUT2D eigenvalue weighted by atomic mass is 10.0. The first-order valence-corrected chi connectivity index (χ1v) is 11.5. The molecular formula is C24H40N4O2. The van der Waals surface area contributed by atoms with E-state index in [1.54, 1.807) is 0 Å². The van der Waals surface area contributed by atoms with Gasteiger partial charge in [-0.25, -0.2) is 0 Å². The van der Waals surface area contributed by atoms with Gasteiger partial charge in [0.25, 0.3) is 0 Å². The fourth-order valence-electron chi connectivity index (χ4n) is 3.81. The highest BCUT2D eigenvalue weighted by atomic mass is 16.2. The predicted molar refractivity (Wildman–Crippen MR) is 122 cm³/mol. The third kappa shape index (κ3) is 8.07. The molecule has 2 aliphatic heterocycles. The smallest absolute Gasteiger partial charge is 0.237 e. The van der Waals surface area contributed by atoms with Crippen molar-refractivity contribution in [1.82, 2.24) is 20.4 Å². The van der Waals surface area contributed by atoms with Crippen LogP contribution in [-0.2, 0) is 9.59 Å². The van der Waals surface area contributed by atoms with Crippen LogP contribution in [0.4, 0.5) is 0 Å². The monoisotopic (exact) mass is 416 g/mol. The Balaban J connectivity index is 0.000000297. The molecular weight excluding hydrogens is 376 g/mol. The summed E-state index contributed by atoms with van der Waals surface area (Å²) in [5.41, 5.74) is 1.41. The molecule has 0 bridgehead atoms. The second kappa shape index (κ2) is 12.7. The Kier molecular flexibility index (Phi) is 10.3. The summed E-state index contributed by atoms with van der Waals surface area (Å²) >= 11 is 0. The molecule has 0 aliphatic carbocycles. The van der Waals surface area contributed by atoms with Crippen molar-refractivity contribution in [2.24, 2.45) is 0 Å². The van der Waals surface area contributed by atoms with Gasteiger partial charge in [-0.05, 0) is 44.7 Å². The number of carbonyl (C=O) groups excluding carboxylic acids is 2. The lowest BCUT2D eigenvalue weighted by molar-refractivity contribution is -0.133. The second-order valence-corrected chi connectivity index (χ2v) is 8.77. The highest BCUT2D eigenvalue weighted by molar-refractivity contribution is 5.83. The van der Waals surface area contributed by atoms with Gasteiger partial charge < -0.3 is 15.5 Å². The Morgan fingerprint density at radius 1 is 1.07 bits per heavy atom. The number of hydrogen-bond acceptors (Lipinski definition) is 4. The van der Waals surface area contributed by atoms with Crippen LogP contribution >= 0.6 is 0 Å². The summed E-state index contributed by atoms with van der Waals surface area (Å²) < 4.78 is 0. The molecule has 2 aliphatic rings. The zero-order valence-electron chi connectivity index (χ0n) is 19.2. The van der Waals surface area contributed by atoms with Gasteiger partial charge in [0.2, 0.25) is 11.8 Å². The van der Waals surface area contributed by atoms with Crippen molar-refractivity contribution in [3.8, 4) is 0 Å². The van der Waals surface area contributed by atoms with Gasteiger partial charge in [0, 0.05) is 45.2 Å². The third-order valence-electron chi connectivity index (χ3n) is 5.88. The maximum absolute atomic E-state index is 12.1. The first-order chi connectivity index (χ1) is 14.4. The summed E-state index contributed by atoms with van der Waals surface area (Å²) in [4.78, 5) is 28.2. The summed E-state index contributed by atoms with van der Waals surface area (Å²) in [6.45, 7) is 13.6. The highest BCUT2D eigenvalue weighted by Gasteiger charge is 2.24. The van der Waals surface area contributed by atoms with Crippen LogP contribution in [-0.4, -0.2) is 73.0 Å². The zero-order valence-corrected chi connectivity index (χ0v) is 19.2. The van der Waals surface area contributed by atoms with E-state index >= 15 is 0 Å². The lowest BCUT2D eigenvalue weighted by Gasteiger charge is -2.37. The van der Waals surface area contributed by atoms with E-state index in [2.05, 4.69) is 67.5 Å². The zero-order chi connectivity index (χ0) is 21.9. The average molecular weight is 417 g/mol. The molecule has 1 unspecified atom stereocenters. The number of piperazine rings is 1. The quantitative estimate of drug-likeness (QED) is 0.748. The fraction of sp³-hybridized carbons (Fsp3) is 0.667. The van der Waals surface area contributed by atoms with Crippen LogP contribution in [0, 0.1) is 0 Å². The van der Waals surface area contributed by atoms with Gasteiger partial charge in [0.05, 0.1) is 6.04 Å². The summed E-state index contributed by atoms with van der Waals surface area (Å²) in [7, 11) is 0. The van der Waals surface area contributed by atoms with E-state index in [9.17, 15) is 9.59 Å². The molecule has 3 rings (SSSR count). The molecule has 0 saturated carbocycles. The molecule has 0 spiro atoms. The van der Waals surface area contributed by atoms with Gasteiger partial charge >= 0.3 is 0 Å². The van der Waals surface area contributed by atoms with Crippen LogP contribution in [0.15, 0.2) is 30.3 Å². The largest absolute Gasteiger partial charge is 0.354 e. The van der Waals surface area contributed by atoms with Crippen molar-refractivity contribution < 1.29 is 9.59 Å². The molecule has 1 aromatic carbocycles. The minimum Gasteiger partial charge on any atom is -0.354 e. The van der Waals surface area contributed by atoms with E-state index in [0.717, 1.165) is 45.6 Å². The number of amides is 2. The molecule has 0 radical (unpaired) electrons. The van der Waals surface area contributed by atoms with Gasteiger partial charge in [-0.3, -0.25) is 14.5 Å². The maximum Gasteiger partial charge on any atom is 0.237 e. The first-order valence-electron chi connectivity index (χ1n) is 11.5. The topological polar surface area (TPSA) is 64.7 Å². The van der Waals surface area contributed by atoms with Crippen molar-refractivity contribution >= 4 is 11.8 Å². The van der Waals surface area contributed by atoms with E-state index in [4.69, 9.17) is 0 Å². The van der Waals surface area contributed by atoms with Crippen LogP contribution < -0.4 is 10.6 Å². The average Bonchev–Trinajstić information content (AvgIpc) is 3.30.